The van der Waals surface area contributed by atoms with Crippen molar-refractivity contribution in [3.63, 3.8) is 0 Å². The van der Waals surface area contributed by atoms with Crippen molar-refractivity contribution in [2.75, 3.05) is 0 Å². The number of ketones is 1. The number of aryl methyl sites for hydroxylation is 1. The van der Waals surface area contributed by atoms with Gasteiger partial charge in [-0.15, -0.1) is 0 Å². The van der Waals surface area contributed by atoms with Gasteiger partial charge in [-0.3, -0.25) is 4.79 Å². The van der Waals surface area contributed by atoms with Crippen LogP contribution in [0.4, 0.5) is 0 Å². The fourth-order valence-corrected chi connectivity index (χ4v) is 3.42. The molecule has 1 aliphatic carbocycles. The van der Waals surface area contributed by atoms with Gasteiger partial charge in [0, 0.05) is 18.2 Å². The second kappa shape index (κ2) is 5.30. The minimum atomic E-state index is 0.183. The smallest absolute Gasteiger partial charge is 0.166 e. The normalized spacial score (nSPS) is 17.5. The van der Waals surface area contributed by atoms with Crippen LogP contribution in [0.5, 0.6) is 0 Å². The van der Waals surface area contributed by atoms with E-state index < -0.39 is 0 Å². The molecule has 0 saturated carbocycles. The predicted octanol–water partition coefficient (Wildman–Crippen LogP) is 3.72. The lowest BCUT2D eigenvalue weighted by molar-refractivity contribution is 0.0951. The largest absolute Gasteiger partial charge is 0.294 e. The van der Waals surface area contributed by atoms with Gasteiger partial charge < -0.3 is 0 Å². The van der Waals surface area contributed by atoms with Crippen molar-refractivity contribution >= 4 is 11.4 Å². The van der Waals surface area contributed by atoms with E-state index in [4.69, 9.17) is 4.98 Å². The summed E-state index contributed by atoms with van der Waals surface area (Å²) >= 11 is 0. The molecule has 0 amide bonds. The Morgan fingerprint density at radius 3 is 2.74 bits per heavy atom. The molecule has 1 aliphatic rings. The Hall–Kier alpha value is -2.49. The molecule has 0 bridgehead atoms. The zero-order chi connectivity index (χ0) is 16.0. The molecule has 4 rings (SSSR count). The number of hydrogen-bond acceptors (Lipinski definition) is 3. The zero-order valence-corrected chi connectivity index (χ0v) is 13.4. The maximum atomic E-state index is 12.3. The second-order valence-corrected chi connectivity index (χ2v) is 6.35. The van der Waals surface area contributed by atoms with E-state index >= 15 is 0 Å². The van der Waals surface area contributed by atoms with Crippen LogP contribution in [0.2, 0.25) is 0 Å². The lowest BCUT2D eigenvalue weighted by Crippen LogP contribution is -2.20. The molecular formula is C19H19N3O. The minimum absolute atomic E-state index is 0.183. The molecule has 0 fully saturated rings. The average molecular weight is 305 g/mol. The first-order chi connectivity index (χ1) is 11.2. The summed E-state index contributed by atoms with van der Waals surface area (Å²) < 4.78 is 1.79. The maximum absolute atomic E-state index is 12.3. The Bertz CT molecular complexity index is 896. The van der Waals surface area contributed by atoms with Crippen molar-refractivity contribution in [3.05, 3.63) is 53.5 Å². The average Bonchev–Trinajstić information content (AvgIpc) is 2.91. The molecule has 0 radical (unpaired) electrons. The summed E-state index contributed by atoms with van der Waals surface area (Å²) in [5, 5.41) is 4.67. The fraction of sp³-hybridized carbons (Fsp3) is 0.316. The topological polar surface area (TPSA) is 47.3 Å². The van der Waals surface area contributed by atoms with Crippen LogP contribution in [-0.4, -0.2) is 20.4 Å². The number of benzene rings is 1. The van der Waals surface area contributed by atoms with Crippen molar-refractivity contribution in [2.45, 2.75) is 33.1 Å². The second-order valence-electron chi connectivity index (χ2n) is 6.35. The van der Waals surface area contributed by atoms with Crippen LogP contribution in [-0.2, 0) is 12.8 Å². The zero-order valence-electron chi connectivity index (χ0n) is 13.4. The predicted molar refractivity (Wildman–Crippen MR) is 89.6 cm³/mol. The van der Waals surface area contributed by atoms with E-state index in [-0.39, 0.29) is 5.78 Å². The van der Waals surface area contributed by atoms with Crippen LogP contribution < -0.4 is 0 Å². The highest BCUT2D eigenvalue weighted by molar-refractivity contribution is 5.98. The Morgan fingerprint density at radius 1 is 1.22 bits per heavy atom. The first-order valence-corrected chi connectivity index (χ1v) is 8.17. The first-order valence-electron chi connectivity index (χ1n) is 8.17. The number of hydrogen-bond donors (Lipinski definition) is 0. The Morgan fingerprint density at radius 2 is 2.00 bits per heavy atom. The molecule has 0 saturated heterocycles. The van der Waals surface area contributed by atoms with Crippen molar-refractivity contribution in [3.8, 4) is 11.1 Å². The summed E-state index contributed by atoms with van der Waals surface area (Å²) in [7, 11) is 0. The monoisotopic (exact) mass is 305 g/mol. The van der Waals surface area contributed by atoms with Crippen molar-refractivity contribution in [1.29, 1.82) is 0 Å². The third kappa shape index (κ3) is 2.25. The number of aromatic nitrogens is 3. The summed E-state index contributed by atoms with van der Waals surface area (Å²) in [6.45, 7) is 4.21. The molecular weight excluding hydrogens is 286 g/mol. The van der Waals surface area contributed by atoms with Crippen molar-refractivity contribution < 1.29 is 4.79 Å². The number of carbonyl (C=O) groups is 1. The highest BCUT2D eigenvalue weighted by Crippen LogP contribution is 2.31. The lowest BCUT2D eigenvalue weighted by atomic mass is 9.88. The Labute approximate surface area is 135 Å². The van der Waals surface area contributed by atoms with Gasteiger partial charge in [-0.1, -0.05) is 44.2 Å². The van der Waals surface area contributed by atoms with Gasteiger partial charge in [0.1, 0.15) is 0 Å². The Balaban J connectivity index is 2.00. The molecule has 23 heavy (non-hydrogen) atoms. The van der Waals surface area contributed by atoms with Gasteiger partial charge in [0.05, 0.1) is 17.0 Å². The Kier molecular flexibility index (Phi) is 3.26. The highest BCUT2D eigenvalue weighted by Gasteiger charge is 2.26. The van der Waals surface area contributed by atoms with Gasteiger partial charge >= 0.3 is 0 Å². The molecule has 2 aromatic heterocycles. The van der Waals surface area contributed by atoms with Gasteiger partial charge in [0.25, 0.3) is 0 Å². The SMILES string of the molecule is CCc1nn2cc3c(nc2c1-c1ccccc1)CC(C)CC3=O. The summed E-state index contributed by atoms with van der Waals surface area (Å²) in [4.78, 5) is 17.1. The molecule has 0 N–H and O–H groups in total. The molecule has 4 heteroatoms. The summed E-state index contributed by atoms with van der Waals surface area (Å²) in [6.07, 6.45) is 4.17. The van der Waals surface area contributed by atoms with Crippen molar-refractivity contribution in [1.82, 2.24) is 14.6 Å². The van der Waals surface area contributed by atoms with E-state index in [1.165, 1.54) is 0 Å². The molecule has 1 aromatic carbocycles. The minimum Gasteiger partial charge on any atom is -0.294 e. The van der Waals surface area contributed by atoms with Crippen LogP contribution in [0.1, 0.15) is 42.0 Å². The summed E-state index contributed by atoms with van der Waals surface area (Å²) in [5.41, 5.74) is 5.74. The number of rotatable bonds is 2. The highest BCUT2D eigenvalue weighted by atomic mass is 16.1. The molecule has 4 nitrogen and oxygen atoms in total. The summed E-state index contributed by atoms with van der Waals surface area (Å²) in [6, 6.07) is 10.2. The molecule has 1 unspecified atom stereocenters. The molecule has 1 atom stereocenters. The standard InChI is InChI=1S/C19H19N3O/c1-3-15-18(13-7-5-4-6-8-13)19-20-16-9-12(2)10-17(23)14(16)11-22(19)21-15/h4-8,11-12H,3,9-10H2,1-2H3. The van der Waals surface area contributed by atoms with Crippen LogP contribution in [0.25, 0.3) is 16.8 Å². The van der Waals surface area contributed by atoms with Crippen LogP contribution in [0, 0.1) is 5.92 Å². The van der Waals surface area contributed by atoms with Crippen LogP contribution in [0.15, 0.2) is 36.5 Å². The molecule has 0 aliphatic heterocycles. The quantitative estimate of drug-likeness (QED) is 0.725. The third-order valence-corrected chi connectivity index (χ3v) is 4.53. The molecule has 116 valence electrons. The summed E-state index contributed by atoms with van der Waals surface area (Å²) in [5.74, 6) is 0.543. The van der Waals surface area contributed by atoms with Gasteiger partial charge in [0.15, 0.2) is 11.4 Å². The fourth-order valence-electron chi connectivity index (χ4n) is 3.42. The first kappa shape index (κ1) is 14.1. The van der Waals surface area contributed by atoms with E-state index in [2.05, 4.69) is 31.1 Å². The van der Waals surface area contributed by atoms with Gasteiger partial charge in [-0.05, 0) is 24.3 Å². The van der Waals surface area contributed by atoms with Crippen LogP contribution >= 0.6 is 0 Å². The number of Topliss-reactive ketones (excluding diaryl/α,β-unsaturated/α-hetero) is 1. The molecule has 3 aromatic rings. The van der Waals surface area contributed by atoms with E-state index in [1.807, 2.05) is 24.4 Å². The number of nitrogens with zero attached hydrogens (tertiary/aromatic N) is 3. The number of fused-ring (bicyclic) bond motifs is 2. The van der Waals surface area contributed by atoms with Crippen LogP contribution in [0.3, 0.4) is 0 Å². The van der Waals surface area contributed by atoms with E-state index in [9.17, 15) is 4.79 Å². The molecule has 0 spiro atoms. The van der Waals surface area contributed by atoms with Crippen molar-refractivity contribution in [2.24, 2.45) is 5.92 Å². The molecule has 2 heterocycles. The lowest BCUT2D eigenvalue weighted by Gasteiger charge is -2.19. The van der Waals surface area contributed by atoms with E-state index in [0.29, 0.717) is 12.3 Å². The van der Waals surface area contributed by atoms with Gasteiger partial charge in [-0.2, -0.15) is 5.10 Å². The van der Waals surface area contributed by atoms with Gasteiger partial charge in [-0.25, -0.2) is 9.50 Å². The third-order valence-electron chi connectivity index (χ3n) is 4.53. The number of carbonyl (C=O) groups excluding carboxylic acids is 1. The maximum Gasteiger partial charge on any atom is 0.166 e. The van der Waals surface area contributed by atoms with E-state index in [0.717, 1.165) is 46.6 Å². The van der Waals surface area contributed by atoms with E-state index in [1.54, 1.807) is 4.52 Å². The van der Waals surface area contributed by atoms with Gasteiger partial charge in [0.2, 0.25) is 0 Å².